The van der Waals surface area contributed by atoms with Gasteiger partial charge in [0, 0.05) is 12.7 Å². The fourth-order valence-electron chi connectivity index (χ4n) is 2.41. The predicted octanol–water partition coefficient (Wildman–Crippen LogP) is 2.70. The van der Waals surface area contributed by atoms with Gasteiger partial charge >= 0.3 is 0 Å². The van der Waals surface area contributed by atoms with E-state index >= 15 is 0 Å². The van der Waals surface area contributed by atoms with E-state index in [0.717, 1.165) is 17.1 Å². The molecule has 2 aromatic heterocycles. The van der Waals surface area contributed by atoms with Gasteiger partial charge in [-0.05, 0) is 31.4 Å². The lowest BCUT2D eigenvalue weighted by atomic mass is 9.90. The average Bonchev–Trinajstić information content (AvgIpc) is 2.97. The van der Waals surface area contributed by atoms with Gasteiger partial charge in [-0.1, -0.05) is 19.9 Å². The highest BCUT2D eigenvalue weighted by atomic mass is 32.1. The summed E-state index contributed by atoms with van der Waals surface area (Å²) in [7, 11) is 0. The second-order valence-corrected chi connectivity index (χ2v) is 7.09. The molecule has 0 fully saturated rings. The van der Waals surface area contributed by atoms with E-state index in [1.807, 2.05) is 25.1 Å². The van der Waals surface area contributed by atoms with Crippen LogP contribution in [0.15, 0.2) is 30.6 Å². The topological polar surface area (TPSA) is 80.9 Å². The highest BCUT2D eigenvalue weighted by Crippen LogP contribution is 2.24. The summed E-state index contributed by atoms with van der Waals surface area (Å²) in [5.74, 6) is 0.327. The SMILES string of the molecule is CC(C)CC(C)(CN)NC(=O)c1cnc(-c2ccccn2)s1. The molecule has 3 N–H and O–H groups in total. The van der Waals surface area contributed by atoms with Crippen LogP contribution >= 0.6 is 11.3 Å². The van der Waals surface area contributed by atoms with Crippen LogP contribution in [0.5, 0.6) is 0 Å². The van der Waals surface area contributed by atoms with Crippen LogP contribution in [0, 0.1) is 5.92 Å². The van der Waals surface area contributed by atoms with E-state index in [0.29, 0.717) is 17.3 Å². The maximum absolute atomic E-state index is 12.4. The summed E-state index contributed by atoms with van der Waals surface area (Å²) >= 11 is 1.34. The summed E-state index contributed by atoms with van der Waals surface area (Å²) in [6.45, 7) is 6.62. The van der Waals surface area contributed by atoms with E-state index in [1.165, 1.54) is 11.3 Å². The van der Waals surface area contributed by atoms with Gasteiger partial charge in [-0.2, -0.15) is 0 Å². The smallest absolute Gasteiger partial charge is 0.263 e. The first-order valence-corrected chi connectivity index (χ1v) is 8.15. The molecule has 1 unspecified atom stereocenters. The first-order chi connectivity index (χ1) is 10.4. The summed E-state index contributed by atoms with van der Waals surface area (Å²) in [5.41, 5.74) is 6.21. The van der Waals surface area contributed by atoms with Gasteiger partial charge < -0.3 is 11.1 Å². The van der Waals surface area contributed by atoms with Crippen molar-refractivity contribution in [1.29, 1.82) is 0 Å². The van der Waals surface area contributed by atoms with Gasteiger partial charge in [0.05, 0.1) is 17.4 Å². The number of hydrogen-bond acceptors (Lipinski definition) is 5. The molecule has 0 aromatic carbocycles. The zero-order chi connectivity index (χ0) is 16.2. The Balaban J connectivity index is 2.12. The molecular weight excluding hydrogens is 296 g/mol. The molecule has 2 aromatic rings. The maximum atomic E-state index is 12.4. The number of pyridine rings is 1. The van der Waals surface area contributed by atoms with Gasteiger partial charge in [-0.25, -0.2) is 4.98 Å². The van der Waals surface area contributed by atoms with Crippen molar-refractivity contribution in [1.82, 2.24) is 15.3 Å². The molecule has 2 heterocycles. The third-order valence-corrected chi connectivity index (χ3v) is 4.36. The minimum atomic E-state index is -0.402. The zero-order valence-electron chi connectivity index (χ0n) is 13.2. The van der Waals surface area contributed by atoms with Crippen molar-refractivity contribution in [3.8, 4) is 10.7 Å². The Bertz CT molecular complexity index is 626. The first-order valence-electron chi connectivity index (χ1n) is 7.33. The molecule has 0 radical (unpaired) electrons. The highest BCUT2D eigenvalue weighted by Gasteiger charge is 2.27. The number of thiazole rings is 1. The minimum Gasteiger partial charge on any atom is -0.345 e. The molecule has 0 aliphatic rings. The molecular formula is C16H22N4OS. The third kappa shape index (κ3) is 4.11. The average molecular weight is 318 g/mol. The van der Waals surface area contributed by atoms with Crippen molar-refractivity contribution in [2.24, 2.45) is 11.7 Å². The van der Waals surface area contributed by atoms with Crippen molar-refractivity contribution in [2.45, 2.75) is 32.7 Å². The van der Waals surface area contributed by atoms with Gasteiger partial charge in [0.25, 0.3) is 5.91 Å². The summed E-state index contributed by atoms with van der Waals surface area (Å²) in [4.78, 5) is 21.5. The monoisotopic (exact) mass is 318 g/mol. The second kappa shape index (κ2) is 6.98. The van der Waals surface area contributed by atoms with Crippen LogP contribution in [0.3, 0.4) is 0 Å². The van der Waals surface area contributed by atoms with Gasteiger partial charge in [0.15, 0.2) is 0 Å². The number of carbonyl (C=O) groups excluding carboxylic acids is 1. The number of hydrogen-bond donors (Lipinski definition) is 2. The summed E-state index contributed by atoms with van der Waals surface area (Å²) in [6, 6.07) is 5.63. The van der Waals surface area contributed by atoms with Crippen LogP contribution in [0.1, 0.15) is 36.9 Å². The van der Waals surface area contributed by atoms with E-state index in [4.69, 9.17) is 5.73 Å². The third-order valence-electron chi connectivity index (χ3n) is 3.34. The Morgan fingerprint density at radius 1 is 1.41 bits per heavy atom. The second-order valence-electron chi connectivity index (χ2n) is 6.06. The van der Waals surface area contributed by atoms with Crippen LogP contribution in [0.25, 0.3) is 10.7 Å². The fourth-order valence-corrected chi connectivity index (χ4v) is 3.20. The van der Waals surface area contributed by atoms with E-state index in [9.17, 15) is 4.79 Å². The molecule has 6 heteroatoms. The molecule has 2 rings (SSSR count). The molecule has 0 bridgehead atoms. The number of nitrogens with zero attached hydrogens (tertiary/aromatic N) is 2. The Labute approximate surface area is 135 Å². The van der Waals surface area contributed by atoms with E-state index in [1.54, 1.807) is 12.4 Å². The number of rotatable bonds is 6. The van der Waals surface area contributed by atoms with Gasteiger partial charge in [0.2, 0.25) is 0 Å². The number of carbonyl (C=O) groups is 1. The van der Waals surface area contributed by atoms with Crippen molar-refractivity contribution in [3.63, 3.8) is 0 Å². The molecule has 0 spiro atoms. The number of nitrogens with two attached hydrogens (primary N) is 1. The minimum absolute atomic E-state index is 0.131. The van der Waals surface area contributed by atoms with Gasteiger partial charge in [-0.3, -0.25) is 9.78 Å². The Morgan fingerprint density at radius 3 is 2.77 bits per heavy atom. The highest BCUT2D eigenvalue weighted by molar-refractivity contribution is 7.16. The van der Waals surface area contributed by atoms with Crippen LogP contribution in [0.4, 0.5) is 0 Å². The van der Waals surface area contributed by atoms with Crippen LogP contribution in [0.2, 0.25) is 0 Å². The molecule has 118 valence electrons. The van der Waals surface area contributed by atoms with Crippen molar-refractivity contribution in [2.75, 3.05) is 6.54 Å². The van der Waals surface area contributed by atoms with Crippen molar-refractivity contribution < 1.29 is 4.79 Å². The van der Waals surface area contributed by atoms with E-state index in [-0.39, 0.29) is 5.91 Å². The number of amides is 1. The summed E-state index contributed by atoms with van der Waals surface area (Å²) < 4.78 is 0. The standard InChI is InChI=1S/C16H22N4OS/c1-11(2)8-16(3,10-17)20-14(21)13-9-19-15(22-13)12-6-4-5-7-18-12/h4-7,9,11H,8,10,17H2,1-3H3,(H,20,21). The van der Waals surface area contributed by atoms with Crippen LogP contribution in [-0.2, 0) is 0 Å². The normalized spacial score (nSPS) is 13.9. The molecule has 0 saturated heterocycles. The zero-order valence-corrected chi connectivity index (χ0v) is 14.0. The number of aromatic nitrogens is 2. The molecule has 22 heavy (non-hydrogen) atoms. The summed E-state index contributed by atoms with van der Waals surface area (Å²) in [6.07, 6.45) is 4.14. The number of nitrogens with one attached hydrogen (secondary N) is 1. The molecule has 1 atom stereocenters. The molecule has 5 nitrogen and oxygen atoms in total. The molecule has 0 aliphatic heterocycles. The quantitative estimate of drug-likeness (QED) is 0.858. The predicted molar refractivity (Wildman–Crippen MR) is 89.7 cm³/mol. The largest absolute Gasteiger partial charge is 0.345 e. The van der Waals surface area contributed by atoms with Crippen molar-refractivity contribution >= 4 is 17.2 Å². The maximum Gasteiger partial charge on any atom is 0.263 e. The van der Waals surface area contributed by atoms with Crippen molar-refractivity contribution in [3.05, 3.63) is 35.5 Å². The van der Waals surface area contributed by atoms with Gasteiger partial charge in [-0.15, -0.1) is 11.3 Å². The molecule has 1 amide bonds. The van der Waals surface area contributed by atoms with Gasteiger partial charge in [0.1, 0.15) is 9.88 Å². The lowest BCUT2D eigenvalue weighted by Crippen LogP contribution is -2.52. The Hall–Kier alpha value is -1.79. The van der Waals surface area contributed by atoms with Crippen LogP contribution in [-0.4, -0.2) is 28.0 Å². The van der Waals surface area contributed by atoms with E-state index in [2.05, 4.69) is 29.1 Å². The van der Waals surface area contributed by atoms with E-state index < -0.39 is 5.54 Å². The first kappa shape index (κ1) is 16.6. The Morgan fingerprint density at radius 2 is 2.18 bits per heavy atom. The lowest BCUT2D eigenvalue weighted by Gasteiger charge is -2.30. The summed E-state index contributed by atoms with van der Waals surface area (Å²) in [5, 5.41) is 3.78. The molecule has 0 aliphatic carbocycles. The fraction of sp³-hybridized carbons (Fsp3) is 0.438. The molecule has 0 saturated carbocycles. The Kier molecular flexibility index (Phi) is 5.26. The van der Waals surface area contributed by atoms with Crippen LogP contribution < -0.4 is 11.1 Å². The lowest BCUT2D eigenvalue weighted by molar-refractivity contribution is 0.0902.